The van der Waals surface area contributed by atoms with Gasteiger partial charge in [-0.1, -0.05) is 0 Å². The summed E-state index contributed by atoms with van der Waals surface area (Å²) in [7, 11) is 0. The first-order valence-corrected chi connectivity index (χ1v) is 6.03. The summed E-state index contributed by atoms with van der Waals surface area (Å²) in [5, 5.41) is 14.5. The number of aliphatic carboxylic acids is 1. The minimum absolute atomic E-state index is 0.0244. The van der Waals surface area contributed by atoms with Crippen molar-refractivity contribution < 1.29 is 19.5 Å². The third kappa shape index (κ3) is 4.70. The van der Waals surface area contributed by atoms with Gasteiger partial charge in [-0.25, -0.2) is 4.79 Å². The molecule has 0 saturated carbocycles. The van der Waals surface area contributed by atoms with Gasteiger partial charge in [-0.3, -0.25) is 9.59 Å². The number of hydrogen-bond donors (Lipinski definition) is 4. The number of carboxylic acid groups (broad SMARTS) is 1. The monoisotopic (exact) mass is 257 g/mol. The highest BCUT2D eigenvalue weighted by Gasteiger charge is 2.26. The van der Waals surface area contributed by atoms with Gasteiger partial charge < -0.3 is 21.5 Å². The van der Waals surface area contributed by atoms with E-state index in [4.69, 9.17) is 10.8 Å². The Morgan fingerprint density at radius 1 is 1.44 bits per heavy atom. The van der Waals surface area contributed by atoms with E-state index in [0.29, 0.717) is 6.54 Å². The van der Waals surface area contributed by atoms with Crippen LogP contribution in [0.15, 0.2) is 0 Å². The lowest BCUT2D eigenvalue weighted by Crippen LogP contribution is -2.47. The van der Waals surface area contributed by atoms with Gasteiger partial charge in [0.15, 0.2) is 0 Å². The third-order valence-corrected chi connectivity index (χ3v) is 2.96. The number of piperidine rings is 1. The Bertz CT molecular complexity index is 326. The normalized spacial score (nSPS) is 21.0. The molecule has 7 nitrogen and oxygen atoms in total. The molecule has 5 N–H and O–H groups in total. The Kier molecular flexibility index (Phi) is 5.57. The second-order valence-electron chi connectivity index (χ2n) is 4.45. The number of carbonyl (C=O) groups is 3. The van der Waals surface area contributed by atoms with Crippen LogP contribution in [0, 0.1) is 5.92 Å². The summed E-state index contributed by atoms with van der Waals surface area (Å²) < 4.78 is 0. The molecule has 7 heteroatoms. The van der Waals surface area contributed by atoms with Crippen LogP contribution in [0.5, 0.6) is 0 Å². The Morgan fingerprint density at radius 3 is 2.67 bits per heavy atom. The molecule has 1 fully saturated rings. The second kappa shape index (κ2) is 6.95. The fourth-order valence-electron chi connectivity index (χ4n) is 1.91. The number of nitrogens with two attached hydrogens (primary N) is 1. The molecule has 1 aliphatic heterocycles. The fourth-order valence-corrected chi connectivity index (χ4v) is 1.91. The van der Waals surface area contributed by atoms with Crippen molar-refractivity contribution in [3.8, 4) is 0 Å². The van der Waals surface area contributed by atoms with Gasteiger partial charge in [0.2, 0.25) is 11.8 Å². The number of carboxylic acids is 1. The Morgan fingerprint density at radius 2 is 2.17 bits per heavy atom. The molecule has 0 bridgehead atoms. The molecule has 1 heterocycles. The Labute approximate surface area is 105 Å². The van der Waals surface area contributed by atoms with Crippen molar-refractivity contribution in [2.24, 2.45) is 11.7 Å². The zero-order valence-corrected chi connectivity index (χ0v) is 10.1. The Balaban J connectivity index is 2.46. The van der Waals surface area contributed by atoms with Gasteiger partial charge in [0.1, 0.15) is 6.04 Å². The van der Waals surface area contributed by atoms with Gasteiger partial charge in [0.05, 0.1) is 5.92 Å². The van der Waals surface area contributed by atoms with E-state index in [1.165, 1.54) is 0 Å². The lowest BCUT2D eigenvalue weighted by Gasteiger charge is -2.23. The van der Waals surface area contributed by atoms with E-state index < -0.39 is 17.9 Å². The van der Waals surface area contributed by atoms with E-state index in [0.717, 1.165) is 19.4 Å². The maximum Gasteiger partial charge on any atom is 0.326 e. The quantitative estimate of drug-likeness (QED) is 0.477. The molecule has 1 aliphatic rings. The Hall–Kier alpha value is -1.63. The van der Waals surface area contributed by atoms with Gasteiger partial charge in [0, 0.05) is 13.0 Å². The summed E-state index contributed by atoms with van der Waals surface area (Å²) in [4.78, 5) is 33.4. The summed E-state index contributed by atoms with van der Waals surface area (Å²) in [6, 6.07) is -1.05. The molecule has 0 aromatic heterocycles. The molecule has 2 amide bonds. The second-order valence-corrected chi connectivity index (χ2v) is 4.45. The van der Waals surface area contributed by atoms with Crippen LogP contribution in [0.3, 0.4) is 0 Å². The van der Waals surface area contributed by atoms with Gasteiger partial charge in [-0.2, -0.15) is 0 Å². The number of rotatable bonds is 6. The van der Waals surface area contributed by atoms with Crippen LogP contribution in [0.4, 0.5) is 0 Å². The van der Waals surface area contributed by atoms with Crippen LogP contribution in [-0.4, -0.2) is 42.0 Å². The summed E-state index contributed by atoms with van der Waals surface area (Å²) in [6.45, 7) is 1.45. The van der Waals surface area contributed by atoms with Crippen LogP contribution in [0.2, 0.25) is 0 Å². The maximum absolute atomic E-state index is 11.8. The lowest BCUT2D eigenvalue weighted by molar-refractivity contribution is -0.142. The summed E-state index contributed by atoms with van der Waals surface area (Å²) in [5.74, 6) is -2.20. The minimum atomic E-state index is -1.15. The van der Waals surface area contributed by atoms with Crippen molar-refractivity contribution in [2.75, 3.05) is 13.1 Å². The van der Waals surface area contributed by atoms with Gasteiger partial charge in [-0.15, -0.1) is 0 Å². The third-order valence-electron chi connectivity index (χ3n) is 2.96. The van der Waals surface area contributed by atoms with Gasteiger partial charge in [0.25, 0.3) is 0 Å². The molecule has 1 saturated heterocycles. The predicted octanol–water partition coefficient (Wildman–Crippen LogP) is -1.18. The van der Waals surface area contributed by atoms with Crippen LogP contribution >= 0.6 is 0 Å². The molecule has 102 valence electrons. The molecule has 0 aromatic rings. The molecular formula is C11H19N3O4. The van der Waals surface area contributed by atoms with Crippen molar-refractivity contribution in [3.63, 3.8) is 0 Å². The van der Waals surface area contributed by atoms with Crippen molar-refractivity contribution in [3.05, 3.63) is 0 Å². The summed E-state index contributed by atoms with van der Waals surface area (Å²) >= 11 is 0. The highest BCUT2D eigenvalue weighted by atomic mass is 16.4. The lowest BCUT2D eigenvalue weighted by atomic mass is 9.98. The van der Waals surface area contributed by atoms with E-state index >= 15 is 0 Å². The SMILES string of the molecule is NC(=O)CC[C@@H](NC(=O)[C@H]1CCCNC1)C(=O)O. The molecule has 0 aromatic carbocycles. The van der Waals surface area contributed by atoms with Crippen molar-refractivity contribution in [1.82, 2.24) is 10.6 Å². The zero-order valence-electron chi connectivity index (χ0n) is 10.1. The minimum Gasteiger partial charge on any atom is -0.480 e. The van der Waals surface area contributed by atoms with E-state index in [1.807, 2.05) is 0 Å². The average molecular weight is 257 g/mol. The molecule has 0 radical (unpaired) electrons. The topological polar surface area (TPSA) is 122 Å². The fraction of sp³-hybridized carbons (Fsp3) is 0.727. The highest BCUT2D eigenvalue weighted by Crippen LogP contribution is 2.10. The van der Waals surface area contributed by atoms with Crippen LogP contribution in [-0.2, 0) is 14.4 Å². The first-order chi connectivity index (χ1) is 8.50. The van der Waals surface area contributed by atoms with Crippen LogP contribution < -0.4 is 16.4 Å². The van der Waals surface area contributed by atoms with Crippen molar-refractivity contribution in [2.45, 2.75) is 31.7 Å². The number of hydrogen-bond acceptors (Lipinski definition) is 4. The molecule has 0 unspecified atom stereocenters. The van der Waals surface area contributed by atoms with Gasteiger partial charge in [-0.05, 0) is 25.8 Å². The summed E-state index contributed by atoms with van der Waals surface area (Å²) in [6.07, 6.45) is 1.62. The molecule has 1 rings (SSSR count). The van der Waals surface area contributed by atoms with E-state index in [9.17, 15) is 14.4 Å². The molecule has 0 spiro atoms. The summed E-state index contributed by atoms with van der Waals surface area (Å²) in [5.41, 5.74) is 4.96. The first-order valence-electron chi connectivity index (χ1n) is 6.03. The van der Waals surface area contributed by atoms with Crippen LogP contribution in [0.25, 0.3) is 0 Å². The number of amides is 2. The maximum atomic E-state index is 11.8. The van der Waals surface area contributed by atoms with Gasteiger partial charge >= 0.3 is 5.97 Å². The molecular weight excluding hydrogens is 238 g/mol. The number of nitrogens with one attached hydrogen (secondary N) is 2. The van der Waals surface area contributed by atoms with Crippen molar-refractivity contribution in [1.29, 1.82) is 0 Å². The smallest absolute Gasteiger partial charge is 0.326 e. The molecule has 0 aliphatic carbocycles. The predicted molar refractivity (Wildman–Crippen MR) is 63.6 cm³/mol. The van der Waals surface area contributed by atoms with E-state index in [2.05, 4.69) is 10.6 Å². The standard InChI is InChI=1S/C11H19N3O4/c12-9(15)4-3-8(11(17)18)14-10(16)7-2-1-5-13-6-7/h7-8,13H,1-6H2,(H2,12,15)(H,14,16)(H,17,18)/t7-,8+/m0/s1. The van der Waals surface area contributed by atoms with Crippen molar-refractivity contribution >= 4 is 17.8 Å². The van der Waals surface area contributed by atoms with E-state index in [1.54, 1.807) is 0 Å². The number of carbonyl (C=O) groups excluding carboxylic acids is 2. The van der Waals surface area contributed by atoms with Crippen LogP contribution in [0.1, 0.15) is 25.7 Å². The first kappa shape index (κ1) is 14.4. The zero-order chi connectivity index (χ0) is 13.5. The van der Waals surface area contributed by atoms with E-state index in [-0.39, 0.29) is 24.7 Å². The molecule has 18 heavy (non-hydrogen) atoms. The highest BCUT2D eigenvalue weighted by molar-refractivity contribution is 5.85. The largest absolute Gasteiger partial charge is 0.480 e. The molecule has 2 atom stereocenters. The number of primary amides is 1. The average Bonchev–Trinajstić information content (AvgIpc) is 2.34.